The Morgan fingerprint density at radius 3 is 2.54 bits per heavy atom. The van der Waals surface area contributed by atoms with Crippen molar-refractivity contribution >= 4 is 5.97 Å². The molecule has 2 aliphatic carbocycles. The summed E-state index contributed by atoms with van der Waals surface area (Å²) in [6, 6.07) is 8.11. The van der Waals surface area contributed by atoms with Gasteiger partial charge in [-0.25, -0.2) is 0 Å². The van der Waals surface area contributed by atoms with Crippen LogP contribution >= 0.6 is 0 Å². The molecule has 2 aliphatic rings. The third-order valence-electron chi connectivity index (χ3n) is 5.29. The molecule has 0 amide bonds. The topological polar surface area (TPSA) is 79.5 Å². The van der Waals surface area contributed by atoms with Crippen LogP contribution in [0.5, 0.6) is 11.5 Å². The number of carbonyl (C=O) groups is 1. The van der Waals surface area contributed by atoms with Crippen LogP contribution in [0.25, 0.3) is 0 Å². The maximum Gasteiger partial charge on any atom is 0.306 e. The molecule has 0 heterocycles. The highest BCUT2D eigenvalue weighted by molar-refractivity contribution is 5.70. The Kier molecular flexibility index (Phi) is 4.66. The molecule has 5 heteroatoms. The molecule has 0 atom stereocenters. The fraction of sp³-hybridized carbons (Fsp3) is 0.579. The van der Waals surface area contributed by atoms with Gasteiger partial charge < -0.3 is 14.6 Å². The van der Waals surface area contributed by atoms with Crippen LogP contribution < -0.4 is 9.47 Å². The number of benzene rings is 1. The minimum absolute atomic E-state index is 0.338. The highest BCUT2D eigenvalue weighted by atomic mass is 16.5. The fourth-order valence-electron chi connectivity index (χ4n) is 3.40. The molecule has 1 aromatic carbocycles. The van der Waals surface area contributed by atoms with Gasteiger partial charge in [-0.2, -0.15) is 5.26 Å². The predicted molar refractivity (Wildman–Crippen MR) is 88.1 cm³/mol. The maximum absolute atomic E-state index is 11.2. The highest BCUT2D eigenvalue weighted by Crippen LogP contribution is 2.44. The summed E-state index contributed by atoms with van der Waals surface area (Å²) in [5.74, 6) is 0.887. The third kappa shape index (κ3) is 3.33. The summed E-state index contributed by atoms with van der Waals surface area (Å²) in [6.45, 7) is 0.681. The van der Waals surface area contributed by atoms with E-state index in [0.717, 1.165) is 5.56 Å². The second-order valence-corrected chi connectivity index (χ2v) is 6.93. The summed E-state index contributed by atoms with van der Waals surface area (Å²) in [7, 11) is 1.61. The van der Waals surface area contributed by atoms with Gasteiger partial charge in [0.05, 0.1) is 31.1 Å². The first-order chi connectivity index (χ1) is 11.6. The molecule has 0 spiro atoms. The van der Waals surface area contributed by atoms with Crippen molar-refractivity contribution in [2.75, 3.05) is 13.7 Å². The summed E-state index contributed by atoms with van der Waals surface area (Å²) < 4.78 is 11.3. The Morgan fingerprint density at radius 1 is 1.29 bits per heavy atom. The molecule has 5 nitrogen and oxygen atoms in total. The SMILES string of the molecule is COc1ccc([C@]2(C#N)CC[C@@H](C(=O)O)CC2)cc1OCC1CC1. The second-order valence-electron chi connectivity index (χ2n) is 6.93. The number of methoxy groups -OCH3 is 1. The molecule has 0 bridgehead atoms. The number of rotatable bonds is 6. The predicted octanol–water partition coefficient (Wildman–Crippen LogP) is 3.52. The molecule has 0 aromatic heterocycles. The van der Waals surface area contributed by atoms with Crippen molar-refractivity contribution in [1.29, 1.82) is 5.26 Å². The number of hydrogen-bond acceptors (Lipinski definition) is 4. The van der Waals surface area contributed by atoms with Gasteiger partial charge in [-0.15, -0.1) is 0 Å². The summed E-state index contributed by atoms with van der Waals surface area (Å²) in [4.78, 5) is 11.2. The molecule has 0 saturated heterocycles. The number of aliphatic carboxylic acids is 1. The van der Waals surface area contributed by atoms with E-state index in [1.807, 2.05) is 18.2 Å². The maximum atomic E-state index is 11.2. The van der Waals surface area contributed by atoms with Crippen LogP contribution in [0.1, 0.15) is 44.1 Å². The van der Waals surface area contributed by atoms with Gasteiger partial charge in [0.2, 0.25) is 0 Å². The van der Waals surface area contributed by atoms with Crippen LogP contribution in [0, 0.1) is 23.2 Å². The van der Waals surface area contributed by atoms with Gasteiger partial charge in [0.1, 0.15) is 0 Å². The molecule has 128 valence electrons. The smallest absolute Gasteiger partial charge is 0.306 e. The summed E-state index contributed by atoms with van der Waals surface area (Å²) in [6.07, 6.45) is 4.62. The molecule has 2 saturated carbocycles. The summed E-state index contributed by atoms with van der Waals surface area (Å²) in [5, 5.41) is 19.0. The van der Waals surface area contributed by atoms with Crippen molar-refractivity contribution in [3.8, 4) is 17.6 Å². The van der Waals surface area contributed by atoms with Gasteiger partial charge in [-0.05, 0) is 62.1 Å². The van der Waals surface area contributed by atoms with Crippen LogP contribution in [-0.2, 0) is 10.2 Å². The van der Waals surface area contributed by atoms with E-state index < -0.39 is 11.4 Å². The molecule has 24 heavy (non-hydrogen) atoms. The fourth-order valence-corrected chi connectivity index (χ4v) is 3.40. The lowest BCUT2D eigenvalue weighted by Gasteiger charge is -2.34. The number of nitrogens with zero attached hydrogens (tertiary/aromatic N) is 1. The zero-order chi connectivity index (χ0) is 17.2. The standard InChI is InChI=1S/C19H23NO4/c1-23-16-5-4-15(10-17(16)24-11-13-2-3-13)19(12-20)8-6-14(7-9-19)18(21)22/h4-5,10,13-14H,2-3,6-9,11H2,1H3,(H,21,22)/t14-,19-. The molecule has 0 aliphatic heterocycles. The second kappa shape index (κ2) is 6.72. The van der Waals surface area contributed by atoms with E-state index in [1.165, 1.54) is 12.8 Å². The van der Waals surface area contributed by atoms with Crippen molar-refractivity contribution in [2.24, 2.45) is 11.8 Å². The van der Waals surface area contributed by atoms with Crippen LogP contribution in [0.3, 0.4) is 0 Å². The first-order valence-electron chi connectivity index (χ1n) is 8.53. The van der Waals surface area contributed by atoms with Crippen LogP contribution in [0.15, 0.2) is 18.2 Å². The van der Waals surface area contributed by atoms with Gasteiger partial charge in [0, 0.05) is 0 Å². The Balaban J connectivity index is 1.82. The number of hydrogen-bond donors (Lipinski definition) is 1. The van der Waals surface area contributed by atoms with Gasteiger partial charge in [-0.1, -0.05) is 6.07 Å². The van der Waals surface area contributed by atoms with E-state index >= 15 is 0 Å². The van der Waals surface area contributed by atoms with Crippen molar-refractivity contribution in [3.63, 3.8) is 0 Å². The van der Waals surface area contributed by atoms with Gasteiger partial charge in [-0.3, -0.25) is 4.79 Å². The first-order valence-corrected chi connectivity index (χ1v) is 8.53. The van der Waals surface area contributed by atoms with Gasteiger partial charge >= 0.3 is 5.97 Å². The quantitative estimate of drug-likeness (QED) is 0.864. The molecular formula is C19H23NO4. The molecule has 0 unspecified atom stereocenters. The van der Waals surface area contributed by atoms with Gasteiger partial charge in [0.15, 0.2) is 11.5 Å². The lowest BCUT2D eigenvalue weighted by Crippen LogP contribution is -2.32. The highest BCUT2D eigenvalue weighted by Gasteiger charge is 2.39. The first kappa shape index (κ1) is 16.6. The average molecular weight is 329 g/mol. The van der Waals surface area contributed by atoms with Gasteiger partial charge in [0.25, 0.3) is 0 Å². The van der Waals surface area contributed by atoms with Crippen molar-refractivity contribution in [1.82, 2.24) is 0 Å². The largest absolute Gasteiger partial charge is 0.493 e. The van der Waals surface area contributed by atoms with E-state index in [0.29, 0.717) is 49.7 Å². The minimum Gasteiger partial charge on any atom is -0.493 e. The summed E-state index contributed by atoms with van der Waals surface area (Å²) in [5.41, 5.74) is 0.274. The van der Waals surface area contributed by atoms with Crippen molar-refractivity contribution in [2.45, 2.75) is 43.9 Å². The molecule has 1 N–H and O–H groups in total. The zero-order valence-corrected chi connectivity index (χ0v) is 14.0. The van der Waals surface area contributed by atoms with Crippen LogP contribution in [-0.4, -0.2) is 24.8 Å². The van der Waals surface area contributed by atoms with Crippen molar-refractivity contribution in [3.05, 3.63) is 23.8 Å². The number of carboxylic acids is 1. The molecule has 0 radical (unpaired) electrons. The van der Waals surface area contributed by atoms with Crippen LogP contribution in [0.2, 0.25) is 0 Å². The number of carboxylic acid groups (broad SMARTS) is 1. The molecule has 3 rings (SSSR count). The van der Waals surface area contributed by atoms with E-state index in [-0.39, 0.29) is 5.92 Å². The lowest BCUT2D eigenvalue weighted by atomic mass is 9.67. The zero-order valence-electron chi connectivity index (χ0n) is 14.0. The van der Waals surface area contributed by atoms with E-state index in [2.05, 4.69) is 6.07 Å². The normalized spacial score (nSPS) is 26.4. The molecule has 1 aromatic rings. The van der Waals surface area contributed by atoms with E-state index in [9.17, 15) is 15.2 Å². The minimum atomic E-state index is -0.760. The summed E-state index contributed by atoms with van der Waals surface area (Å²) >= 11 is 0. The Morgan fingerprint density at radius 2 is 2.00 bits per heavy atom. The molecular weight excluding hydrogens is 306 g/mol. The van der Waals surface area contributed by atoms with Crippen molar-refractivity contribution < 1.29 is 19.4 Å². The Bertz CT molecular complexity index is 652. The number of nitriles is 1. The molecule has 2 fully saturated rings. The van der Waals surface area contributed by atoms with E-state index in [1.54, 1.807) is 7.11 Å². The number of ether oxygens (including phenoxy) is 2. The Labute approximate surface area is 142 Å². The monoisotopic (exact) mass is 329 g/mol. The van der Waals surface area contributed by atoms with E-state index in [4.69, 9.17) is 9.47 Å². The average Bonchev–Trinajstić information content (AvgIpc) is 3.44. The third-order valence-corrected chi connectivity index (χ3v) is 5.29. The van der Waals surface area contributed by atoms with Crippen LogP contribution in [0.4, 0.5) is 0 Å². The Hall–Kier alpha value is -2.22. The lowest BCUT2D eigenvalue weighted by molar-refractivity contribution is -0.143.